The highest BCUT2D eigenvalue weighted by Crippen LogP contribution is 2.17. The van der Waals surface area contributed by atoms with Crippen LogP contribution in [-0.4, -0.2) is 36.2 Å². The van der Waals surface area contributed by atoms with Gasteiger partial charge in [0.25, 0.3) is 0 Å². The van der Waals surface area contributed by atoms with Crippen molar-refractivity contribution in [3.63, 3.8) is 0 Å². The normalized spacial score (nSPS) is 12.9. The largest absolute Gasteiger partial charge is 0.337 e. The topological polar surface area (TPSA) is 72.3 Å². The quantitative estimate of drug-likeness (QED) is 0.834. The number of nitrogens with zero attached hydrogens (tertiary/aromatic N) is 3. The van der Waals surface area contributed by atoms with Gasteiger partial charge < -0.3 is 9.47 Å². The van der Waals surface area contributed by atoms with Gasteiger partial charge in [-0.2, -0.15) is 0 Å². The summed E-state index contributed by atoms with van der Waals surface area (Å²) in [6, 6.07) is 8.95. The summed E-state index contributed by atoms with van der Waals surface area (Å²) >= 11 is 0. The zero-order valence-corrected chi connectivity index (χ0v) is 13.6. The number of para-hydroxylation sites is 1. The molecular formula is C15H19N3O3S. The van der Waals surface area contributed by atoms with E-state index in [4.69, 9.17) is 0 Å². The SMILES string of the molecule is C[C@@H](C(=O)N(C)c1ccccc1)S(=O)(=O)Cc1nccn1C. The second-order valence-electron chi connectivity index (χ2n) is 5.14. The highest BCUT2D eigenvalue weighted by molar-refractivity contribution is 7.92. The molecule has 7 heteroatoms. The molecule has 0 saturated carbocycles. The monoisotopic (exact) mass is 321 g/mol. The Hall–Kier alpha value is -2.15. The van der Waals surface area contributed by atoms with Gasteiger partial charge in [0.2, 0.25) is 5.91 Å². The van der Waals surface area contributed by atoms with E-state index < -0.39 is 21.0 Å². The molecular weight excluding hydrogens is 302 g/mol. The number of carbonyl (C=O) groups is 1. The fraction of sp³-hybridized carbons (Fsp3) is 0.333. The lowest BCUT2D eigenvalue weighted by Gasteiger charge is -2.21. The lowest BCUT2D eigenvalue weighted by molar-refractivity contribution is -0.117. The predicted molar refractivity (Wildman–Crippen MR) is 85.1 cm³/mol. The van der Waals surface area contributed by atoms with Gasteiger partial charge in [-0.3, -0.25) is 4.79 Å². The van der Waals surface area contributed by atoms with Gasteiger partial charge in [-0.25, -0.2) is 13.4 Å². The number of hydrogen-bond acceptors (Lipinski definition) is 4. The van der Waals surface area contributed by atoms with E-state index >= 15 is 0 Å². The zero-order chi connectivity index (χ0) is 16.3. The number of benzene rings is 1. The minimum absolute atomic E-state index is 0.258. The number of aryl methyl sites for hydroxylation is 1. The van der Waals surface area contributed by atoms with Crippen molar-refractivity contribution in [2.75, 3.05) is 11.9 Å². The Bertz CT molecular complexity index is 753. The van der Waals surface area contributed by atoms with Crippen LogP contribution in [0.4, 0.5) is 5.69 Å². The molecule has 0 N–H and O–H groups in total. The average Bonchev–Trinajstić information content (AvgIpc) is 2.90. The highest BCUT2D eigenvalue weighted by atomic mass is 32.2. The van der Waals surface area contributed by atoms with Crippen molar-refractivity contribution in [2.24, 2.45) is 7.05 Å². The molecule has 2 rings (SSSR count). The first kappa shape index (κ1) is 16.2. The Morgan fingerprint density at radius 1 is 1.32 bits per heavy atom. The molecule has 0 aliphatic carbocycles. The van der Waals surface area contributed by atoms with Crippen LogP contribution in [0.5, 0.6) is 0 Å². The molecule has 1 aromatic carbocycles. The summed E-state index contributed by atoms with van der Waals surface area (Å²) in [5.74, 6) is -0.297. The molecule has 0 radical (unpaired) electrons. The molecule has 1 amide bonds. The molecule has 0 unspecified atom stereocenters. The molecule has 22 heavy (non-hydrogen) atoms. The van der Waals surface area contributed by atoms with Crippen LogP contribution in [0.25, 0.3) is 0 Å². The number of imidazole rings is 1. The third-order valence-electron chi connectivity index (χ3n) is 3.61. The molecule has 1 heterocycles. The molecule has 2 aromatic rings. The van der Waals surface area contributed by atoms with E-state index in [9.17, 15) is 13.2 Å². The molecule has 1 aromatic heterocycles. The van der Waals surface area contributed by atoms with E-state index in [-0.39, 0.29) is 5.75 Å². The van der Waals surface area contributed by atoms with Gasteiger partial charge in [0.1, 0.15) is 16.8 Å². The van der Waals surface area contributed by atoms with Crippen LogP contribution in [0.15, 0.2) is 42.7 Å². The van der Waals surface area contributed by atoms with Crippen molar-refractivity contribution in [1.29, 1.82) is 0 Å². The van der Waals surface area contributed by atoms with Gasteiger partial charge in [-0.15, -0.1) is 0 Å². The summed E-state index contributed by atoms with van der Waals surface area (Å²) in [6.45, 7) is 1.42. The molecule has 0 fully saturated rings. The summed E-state index contributed by atoms with van der Waals surface area (Å²) in [5, 5.41) is -1.13. The van der Waals surface area contributed by atoms with Crippen LogP contribution in [0.3, 0.4) is 0 Å². The van der Waals surface area contributed by atoms with Gasteiger partial charge in [0.05, 0.1) is 0 Å². The fourth-order valence-electron chi connectivity index (χ4n) is 2.05. The minimum Gasteiger partial charge on any atom is -0.337 e. The molecule has 0 aliphatic rings. The Balaban J connectivity index is 2.17. The standard InChI is InChI=1S/C15H19N3O3S/c1-12(15(19)18(3)13-7-5-4-6-8-13)22(20,21)11-14-16-9-10-17(14)2/h4-10,12H,11H2,1-3H3/t12-/m0/s1. The number of rotatable bonds is 5. The van der Waals surface area contributed by atoms with Crippen molar-refractivity contribution in [3.8, 4) is 0 Å². The molecule has 0 saturated heterocycles. The minimum atomic E-state index is -3.63. The first-order valence-electron chi connectivity index (χ1n) is 6.83. The Labute approximate surface area is 130 Å². The Kier molecular flexibility index (Phi) is 4.65. The van der Waals surface area contributed by atoms with Crippen LogP contribution in [0, 0.1) is 0 Å². The summed E-state index contributed by atoms with van der Waals surface area (Å²) in [6.07, 6.45) is 3.21. The summed E-state index contributed by atoms with van der Waals surface area (Å²) in [5.41, 5.74) is 0.659. The Morgan fingerprint density at radius 2 is 1.95 bits per heavy atom. The van der Waals surface area contributed by atoms with Crippen molar-refractivity contribution in [3.05, 3.63) is 48.5 Å². The van der Waals surface area contributed by atoms with Crippen LogP contribution >= 0.6 is 0 Å². The second kappa shape index (κ2) is 6.31. The van der Waals surface area contributed by atoms with E-state index in [0.29, 0.717) is 11.5 Å². The van der Waals surface area contributed by atoms with Gasteiger partial charge >= 0.3 is 0 Å². The maximum atomic E-state index is 12.4. The number of aromatic nitrogens is 2. The number of anilines is 1. The lowest BCUT2D eigenvalue weighted by atomic mass is 10.3. The van der Waals surface area contributed by atoms with Crippen LogP contribution in [-0.2, 0) is 27.4 Å². The molecule has 0 aliphatic heterocycles. The summed E-state index contributed by atoms with van der Waals surface area (Å²) < 4.78 is 26.5. The number of carbonyl (C=O) groups excluding carboxylic acids is 1. The zero-order valence-electron chi connectivity index (χ0n) is 12.8. The van der Waals surface area contributed by atoms with Crippen molar-refractivity contribution < 1.29 is 13.2 Å². The third kappa shape index (κ3) is 3.36. The average molecular weight is 321 g/mol. The number of sulfone groups is 1. The summed E-state index contributed by atoms with van der Waals surface area (Å²) in [7, 11) is -0.336. The van der Waals surface area contributed by atoms with E-state index in [0.717, 1.165) is 0 Å². The highest BCUT2D eigenvalue weighted by Gasteiger charge is 2.31. The predicted octanol–water partition coefficient (Wildman–Crippen LogP) is 1.39. The molecule has 118 valence electrons. The van der Waals surface area contributed by atoms with E-state index in [1.807, 2.05) is 6.07 Å². The van der Waals surface area contributed by atoms with Crippen molar-refractivity contribution in [1.82, 2.24) is 9.55 Å². The third-order valence-corrected chi connectivity index (χ3v) is 5.55. The van der Waals surface area contributed by atoms with E-state index in [2.05, 4.69) is 4.98 Å². The van der Waals surface area contributed by atoms with Crippen molar-refractivity contribution >= 4 is 21.4 Å². The smallest absolute Gasteiger partial charge is 0.244 e. The lowest BCUT2D eigenvalue weighted by Crippen LogP contribution is -2.40. The van der Waals surface area contributed by atoms with Gasteiger partial charge in [-0.1, -0.05) is 18.2 Å². The maximum Gasteiger partial charge on any atom is 0.244 e. The first-order valence-corrected chi connectivity index (χ1v) is 8.55. The number of hydrogen-bond donors (Lipinski definition) is 0. The maximum absolute atomic E-state index is 12.4. The molecule has 0 spiro atoms. The Morgan fingerprint density at radius 3 is 2.50 bits per heavy atom. The van der Waals surface area contributed by atoms with Crippen LogP contribution in [0.2, 0.25) is 0 Å². The van der Waals surface area contributed by atoms with Crippen molar-refractivity contribution in [2.45, 2.75) is 17.9 Å². The molecule has 6 nitrogen and oxygen atoms in total. The number of amides is 1. The van der Waals surface area contributed by atoms with E-state index in [1.165, 1.54) is 18.0 Å². The fourth-order valence-corrected chi connectivity index (χ4v) is 3.40. The molecule has 1 atom stereocenters. The van der Waals surface area contributed by atoms with Gasteiger partial charge in [0.15, 0.2) is 9.84 Å². The van der Waals surface area contributed by atoms with E-state index in [1.54, 1.807) is 49.1 Å². The second-order valence-corrected chi connectivity index (χ2v) is 7.46. The summed E-state index contributed by atoms with van der Waals surface area (Å²) in [4.78, 5) is 17.8. The molecule has 0 bridgehead atoms. The first-order chi connectivity index (χ1) is 10.3. The van der Waals surface area contributed by atoms with Crippen LogP contribution < -0.4 is 4.90 Å². The van der Waals surface area contributed by atoms with Gasteiger partial charge in [0, 0.05) is 32.2 Å². The van der Waals surface area contributed by atoms with Gasteiger partial charge in [-0.05, 0) is 19.1 Å². The van der Waals surface area contributed by atoms with Crippen LogP contribution in [0.1, 0.15) is 12.7 Å².